The summed E-state index contributed by atoms with van der Waals surface area (Å²) in [4.78, 5) is 0. The van der Waals surface area contributed by atoms with Crippen LogP contribution in [0.15, 0.2) is 60.9 Å². The van der Waals surface area contributed by atoms with E-state index in [0.717, 1.165) is 11.3 Å². The van der Waals surface area contributed by atoms with E-state index in [-0.39, 0.29) is 5.02 Å². The average molecular weight is 303 g/mol. The van der Waals surface area contributed by atoms with E-state index in [4.69, 9.17) is 16.3 Å². The fraction of sp³-hybridized carbons (Fsp3) is 0.0625. The van der Waals surface area contributed by atoms with Crippen molar-refractivity contribution in [3.05, 3.63) is 77.3 Å². The Kier molecular flexibility index (Phi) is 3.88. The van der Waals surface area contributed by atoms with Gasteiger partial charge in [0, 0.05) is 17.8 Å². The standard InChI is InChI=1S/C16H12ClFN2O/c17-15-7-6-14(8-16(15)18)21-11-12-9-19-20(10-12)13-4-2-1-3-5-13/h1-10H,11H2. The number of nitrogens with zero attached hydrogens (tertiary/aromatic N) is 2. The lowest BCUT2D eigenvalue weighted by atomic mass is 10.3. The molecule has 0 spiro atoms. The van der Waals surface area contributed by atoms with Crippen molar-refractivity contribution < 1.29 is 9.13 Å². The minimum Gasteiger partial charge on any atom is -0.489 e. The van der Waals surface area contributed by atoms with Gasteiger partial charge in [0.25, 0.3) is 0 Å². The Balaban J connectivity index is 1.69. The number of halogens is 2. The van der Waals surface area contributed by atoms with Crippen molar-refractivity contribution in [3.63, 3.8) is 0 Å². The van der Waals surface area contributed by atoms with Crippen LogP contribution in [0.2, 0.25) is 5.02 Å². The largest absolute Gasteiger partial charge is 0.489 e. The van der Waals surface area contributed by atoms with Crippen molar-refractivity contribution in [2.75, 3.05) is 0 Å². The van der Waals surface area contributed by atoms with Crippen LogP contribution in [-0.4, -0.2) is 9.78 Å². The quantitative estimate of drug-likeness (QED) is 0.720. The topological polar surface area (TPSA) is 27.1 Å². The molecule has 1 aromatic heterocycles. The molecule has 0 bridgehead atoms. The molecular formula is C16H12ClFN2O. The van der Waals surface area contributed by atoms with Gasteiger partial charge < -0.3 is 4.74 Å². The molecule has 0 aliphatic rings. The molecule has 0 saturated carbocycles. The minimum absolute atomic E-state index is 0.0826. The smallest absolute Gasteiger partial charge is 0.145 e. The Bertz CT molecular complexity index is 743. The highest BCUT2D eigenvalue weighted by Crippen LogP contribution is 2.21. The summed E-state index contributed by atoms with van der Waals surface area (Å²) in [5, 5.41) is 4.35. The average Bonchev–Trinajstić information content (AvgIpc) is 2.98. The van der Waals surface area contributed by atoms with E-state index < -0.39 is 5.82 Å². The minimum atomic E-state index is -0.492. The van der Waals surface area contributed by atoms with Gasteiger partial charge in [-0.2, -0.15) is 5.10 Å². The van der Waals surface area contributed by atoms with Crippen LogP contribution in [0.5, 0.6) is 5.75 Å². The normalized spacial score (nSPS) is 10.6. The molecule has 0 aliphatic carbocycles. The molecule has 0 amide bonds. The molecule has 3 rings (SSSR count). The molecule has 21 heavy (non-hydrogen) atoms. The fourth-order valence-electron chi connectivity index (χ4n) is 1.89. The summed E-state index contributed by atoms with van der Waals surface area (Å²) in [6.07, 6.45) is 3.60. The Morgan fingerprint density at radius 2 is 1.95 bits per heavy atom. The zero-order chi connectivity index (χ0) is 14.7. The molecule has 0 aliphatic heterocycles. The second-order valence-electron chi connectivity index (χ2n) is 4.49. The van der Waals surface area contributed by atoms with Gasteiger partial charge in [0.05, 0.1) is 16.9 Å². The number of hydrogen-bond donors (Lipinski definition) is 0. The third kappa shape index (κ3) is 3.23. The number of benzene rings is 2. The first-order chi connectivity index (χ1) is 10.2. The third-order valence-electron chi connectivity index (χ3n) is 2.95. The summed E-state index contributed by atoms with van der Waals surface area (Å²) in [5.41, 5.74) is 1.87. The molecule has 3 nitrogen and oxygen atoms in total. The molecule has 2 aromatic carbocycles. The van der Waals surface area contributed by atoms with Gasteiger partial charge in [-0.05, 0) is 24.3 Å². The molecule has 0 atom stereocenters. The summed E-state index contributed by atoms with van der Waals surface area (Å²) in [6, 6.07) is 14.1. The van der Waals surface area contributed by atoms with Crippen molar-refractivity contribution in [1.82, 2.24) is 9.78 Å². The van der Waals surface area contributed by atoms with Gasteiger partial charge >= 0.3 is 0 Å². The highest BCUT2D eigenvalue weighted by atomic mass is 35.5. The molecule has 1 heterocycles. The molecule has 0 fully saturated rings. The lowest BCUT2D eigenvalue weighted by molar-refractivity contribution is 0.304. The van der Waals surface area contributed by atoms with Crippen molar-refractivity contribution in [1.29, 1.82) is 0 Å². The van der Waals surface area contributed by atoms with Crippen LogP contribution in [0.25, 0.3) is 5.69 Å². The second kappa shape index (κ2) is 5.97. The zero-order valence-electron chi connectivity index (χ0n) is 11.0. The van der Waals surface area contributed by atoms with E-state index in [2.05, 4.69) is 5.10 Å². The summed E-state index contributed by atoms with van der Waals surface area (Å²) in [7, 11) is 0. The number of aromatic nitrogens is 2. The van der Waals surface area contributed by atoms with Crippen molar-refractivity contribution in [2.24, 2.45) is 0 Å². The first kappa shape index (κ1) is 13.6. The van der Waals surface area contributed by atoms with Gasteiger partial charge in [-0.25, -0.2) is 9.07 Å². The zero-order valence-corrected chi connectivity index (χ0v) is 11.8. The third-order valence-corrected chi connectivity index (χ3v) is 3.26. The van der Waals surface area contributed by atoms with Crippen LogP contribution in [0.1, 0.15) is 5.56 Å². The molecule has 0 radical (unpaired) electrons. The van der Waals surface area contributed by atoms with Gasteiger partial charge in [-0.3, -0.25) is 0 Å². The predicted molar refractivity (Wildman–Crippen MR) is 79.3 cm³/mol. The number of para-hydroxylation sites is 1. The summed E-state index contributed by atoms with van der Waals surface area (Å²) >= 11 is 5.63. The number of rotatable bonds is 4. The molecule has 0 saturated heterocycles. The second-order valence-corrected chi connectivity index (χ2v) is 4.90. The Hall–Kier alpha value is -2.33. The lowest BCUT2D eigenvalue weighted by Crippen LogP contribution is -1.95. The van der Waals surface area contributed by atoms with Crippen molar-refractivity contribution in [3.8, 4) is 11.4 Å². The van der Waals surface area contributed by atoms with E-state index in [1.165, 1.54) is 12.1 Å². The maximum atomic E-state index is 13.3. The maximum Gasteiger partial charge on any atom is 0.145 e. The fourth-order valence-corrected chi connectivity index (χ4v) is 2.01. The maximum absolute atomic E-state index is 13.3. The SMILES string of the molecule is Fc1cc(OCc2cnn(-c3ccccc3)c2)ccc1Cl. The van der Waals surface area contributed by atoms with Gasteiger partial charge in [-0.15, -0.1) is 0 Å². The van der Waals surface area contributed by atoms with E-state index in [9.17, 15) is 4.39 Å². The first-order valence-electron chi connectivity index (χ1n) is 6.39. The molecule has 3 aromatic rings. The Labute approximate surface area is 126 Å². The van der Waals surface area contributed by atoms with Crippen LogP contribution >= 0.6 is 11.6 Å². The predicted octanol–water partition coefficient (Wildman–Crippen LogP) is 4.24. The number of hydrogen-bond acceptors (Lipinski definition) is 2. The molecule has 0 unspecified atom stereocenters. The van der Waals surface area contributed by atoms with Gasteiger partial charge in [0.1, 0.15) is 18.2 Å². The van der Waals surface area contributed by atoms with Crippen LogP contribution in [-0.2, 0) is 6.61 Å². The van der Waals surface area contributed by atoms with E-state index in [0.29, 0.717) is 12.4 Å². The summed E-state index contributed by atoms with van der Waals surface area (Å²) in [6.45, 7) is 0.313. The molecule has 0 N–H and O–H groups in total. The summed E-state index contributed by atoms with van der Waals surface area (Å²) in [5.74, 6) is -0.0569. The van der Waals surface area contributed by atoms with Crippen molar-refractivity contribution in [2.45, 2.75) is 6.61 Å². The molecule has 5 heteroatoms. The molecular weight excluding hydrogens is 291 g/mol. The summed E-state index contributed by atoms with van der Waals surface area (Å²) < 4.78 is 20.6. The van der Waals surface area contributed by atoms with E-state index in [1.54, 1.807) is 16.9 Å². The van der Waals surface area contributed by atoms with Crippen LogP contribution < -0.4 is 4.74 Å². The van der Waals surface area contributed by atoms with Gasteiger partial charge in [-0.1, -0.05) is 29.8 Å². The number of ether oxygens (including phenoxy) is 1. The highest BCUT2D eigenvalue weighted by molar-refractivity contribution is 6.30. The van der Waals surface area contributed by atoms with Gasteiger partial charge in [0.2, 0.25) is 0 Å². The molecule has 106 valence electrons. The monoisotopic (exact) mass is 302 g/mol. The Morgan fingerprint density at radius 1 is 1.14 bits per heavy atom. The van der Waals surface area contributed by atoms with Crippen LogP contribution in [0.4, 0.5) is 4.39 Å². The van der Waals surface area contributed by atoms with Gasteiger partial charge in [0.15, 0.2) is 0 Å². The van der Waals surface area contributed by atoms with Crippen LogP contribution in [0.3, 0.4) is 0 Å². The first-order valence-corrected chi connectivity index (χ1v) is 6.77. The lowest BCUT2D eigenvalue weighted by Gasteiger charge is -2.05. The highest BCUT2D eigenvalue weighted by Gasteiger charge is 2.04. The van der Waals surface area contributed by atoms with E-state index in [1.807, 2.05) is 36.5 Å². The Morgan fingerprint density at radius 3 is 2.71 bits per heavy atom. The van der Waals surface area contributed by atoms with E-state index >= 15 is 0 Å². The van der Waals surface area contributed by atoms with Crippen molar-refractivity contribution >= 4 is 11.6 Å². The van der Waals surface area contributed by atoms with Crippen LogP contribution in [0, 0.1) is 5.82 Å².